The molecule has 2 aliphatic heterocycles. The fraction of sp³-hybridized carbons (Fsp3) is 0.423. The quantitative estimate of drug-likeness (QED) is 0.551. The number of benzene rings is 2. The van der Waals surface area contributed by atoms with Crippen LogP contribution in [0.4, 0.5) is 9.59 Å². The molecular weight excluding hydrogens is 468 g/mol. The Labute approximate surface area is 209 Å². The number of carbonyl (C=O) groups is 3. The zero-order valence-corrected chi connectivity index (χ0v) is 20.0. The number of Topliss-reactive ketones (excluding diaryl/α,β-unsaturated/α-hetero) is 1. The third kappa shape index (κ3) is 10.4. The summed E-state index contributed by atoms with van der Waals surface area (Å²) in [5.41, 5.74) is 1.86. The van der Waals surface area contributed by atoms with Gasteiger partial charge in [-0.3, -0.25) is 4.79 Å². The van der Waals surface area contributed by atoms with E-state index in [-0.39, 0.29) is 37.7 Å². The van der Waals surface area contributed by atoms with Crippen molar-refractivity contribution in [1.82, 2.24) is 10.6 Å². The first-order chi connectivity index (χ1) is 17.5. The van der Waals surface area contributed by atoms with E-state index in [0.717, 1.165) is 11.1 Å². The summed E-state index contributed by atoms with van der Waals surface area (Å²) in [4.78, 5) is 34.1. The molecule has 2 aromatic rings. The van der Waals surface area contributed by atoms with Gasteiger partial charge in [0, 0.05) is 6.42 Å². The molecule has 3 unspecified atom stereocenters. The summed E-state index contributed by atoms with van der Waals surface area (Å²) < 4.78 is 20.3. The van der Waals surface area contributed by atoms with E-state index in [4.69, 9.17) is 18.9 Å². The van der Waals surface area contributed by atoms with Crippen molar-refractivity contribution >= 4 is 18.0 Å². The van der Waals surface area contributed by atoms with Crippen molar-refractivity contribution in [3.63, 3.8) is 0 Å². The first-order valence-electron chi connectivity index (χ1n) is 11.8. The highest BCUT2D eigenvalue weighted by Gasteiger charge is 2.23. The van der Waals surface area contributed by atoms with E-state index in [1.165, 1.54) is 0 Å². The highest BCUT2D eigenvalue weighted by molar-refractivity contribution is 5.81. The van der Waals surface area contributed by atoms with Crippen LogP contribution < -0.4 is 10.6 Å². The normalized spacial score (nSPS) is 21.4. The topological polar surface area (TPSA) is 132 Å². The maximum atomic E-state index is 11.5. The van der Waals surface area contributed by atoms with E-state index in [2.05, 4.69) is 10.6 Å². The molecule has 2 saturated heterocycles. The van der Waals surface area contributed by atoms with Crippen molar-refractivity contribution in [3.05, 3.63) is 71.8 Å². The second kappa shape index (κ2) is 14.8. The molecule has 0 aliphatic carbocycles. The van der Waals surface area contributed by atoms with Crippen LogP contribution in [0, 0.1) is 0 Å². The van der Waals surface area contributed by atoms with E-state index >= 15 is 0 Å². The lowest BCUT2D eigenvalue weighted by Gasteiger charge is -2.26. The van der Waals surface area contributed by atoms with Gasteiger partial charge in [0.2, 0.25) is 0 Å². The third-order valence-electron chi connectivity index (χ3n) is 5.31. The van der Waals surface area contributed by atoms with E-state index in [0.29, 0.717) is 32.7 Å². The summed E-state index contributed by atoms with van der Waals surface area (Å²) in [5, 5.41) is 14.7. The number of ketones is 1. The van der Waals surface area contributed by atoms with Crippen molar-refractivity contribution < 1.29 is 38.4 Å². The van der Waals surface area contributed by atoms with Crippen LogP contribution in [0.3, 0.4) is 0 Å². The average Bonchev–Trinajstić information content (AvgIpc) is 2.88. The Morgan fingerprint density at radius 1 is 0.806 bits per heavy atom. The number of nitrogens with one attached hydrogen (secondary N) is 2. The van der Waals surface area contributed by atoms with E-state index in [9.17, 15) is 19.5 Å². The number of hydrogen-bond acceptors (Lipinski definition) is 8. The minimum absolute atomic E-state index is 0.00499. The Morgan fingerprint density at radius 3 is 1.86 bits per heavy atom. The summed E-state index contributed by atoms with van der Waals surface area (Å²) in [6, 6.07) is 18.4. The first-order valence-corrected chi connectivity index (χ1v) is 11.8. The molecule has 194 valence electrons. The predicted molar refractivity (Wildman–Crippen MR) is 129 cm³/mol. The zero-order valence-electron chi connectivity index (χ0n) is 20.0. The Kier molecular flexibility index (Phi) is 11.2. The molecule has 0 radical (unpaired) electrons. The molecule has 10 nitrogen and oxygen atoms in total. The van der Waals surface area contributed by atoms with Crippen molar-refractivity contribution in [2.75, 3.05) is 26.4 Å². The van der Waals surface area contributed by atoms with Crippen LogP contribution in [0.2, 0.25) is 0 Å². The van der Waals surface area contributed by atoms with Gasteiger partial charge in [0.05, 0.1) is 38.0 Å². The average molecular weight is 501 g/mol. The maximum Gasteiger partial charge on any atom is 0.407 e. The number of aliphatic hydroxyl groups is 1. The Hall–Kier alpha value is -3.47. The van der Waals surface area contributed by atoms with E-state index < -0.39 is 18.3 Å². The van der Waals surface area contributed by atoms with Crippen molar-refractivity contribution in [3.8, 4) is 0 Å². The molecule has 4 rings (SSSR count). The molecule has 0 aromatic heterocycles. The van der Waals surface area contributed by atoms with Crippen LogP contribution in [0.1, 0.15) is 24.0 Å². The van der Waals surface area contributed by atoms with Crippen molar-refractivity contribution in [2.45, 2.75) is 44.2 Å². The van der Waals surface area contributed by atoms with Gasteiger partial charge < -0.3 is 34.7 Å². The molecule has 2 heterocycles. The SMILES string of the molecule is O=C(NC1COCC(O)C1)OCc1ccccc1.O=C1COCC(NC(=O)OCc2ccccc2)C1. The lowest BCUT2D eigenvalue weighted by atomic mass is 10.1. The number of amides is 2. The summed E-state index contributed by atoms with van der Waals surface area (Å²) in [6.07, 6.45) is -0.720. The second-order valence-corrected chi connectivity index (χ2v) is 8.49. The Morgan fingerprint density at radius 2 is 1.33 bits per heavy atom. The molecule has 0 spiro atoms. The largest absolute Gasteiger partial charge is 0.445 e. The molecule has 2 fully saturated rings. The van der Waals surface area contributed by atoms with Crippen LogP contribution in [-0.4, -0.2) is 67.7 Å². The lowest BCUT2D eigenvalue weighted by Crippen LogP contribution is -2.45. The molecule has 3 atom stereocenters. The zero-order chi connectivity index (χ0) is 25.6. The van der Waals surface area contributed by atoms with Gasteiger partial charge in [0.25, 0.3) is 0 Å². The number of aliphatic hydroxyl groups excluding tert-OH is 1. The Balaban J connectivity index is 0.000000201. The standard InChI is InChI=1S/C13H17NO4.C13H15NO4/c2*15-12-6-11(8-17-9-12)14-13(16)18-7-10-4-2-1-3-5-10/h1-5,11-12,15H,6-9H2,(H,14,16);1-5,11H,6-9H2,(H,14,16). The van der Waals surface area contributed by atoms with Crippen molar-refractivity contribution in [2.24, 2.45) is 0 Å². The molecule has 10 heteroatoms. The fourth-order valence-electron chi connectivity index (χ4n) is 3.57. The highest BCUT2D eigenvalue weighted by Crippen LogP contribution is 2.08. The first kappa shape index (κ1) is 27.1. The molecule has 36 heavy (non-hydrogen) atoms. The molecule has 0 bridgehead atoms. The monoisotopic (exact) mass is 500 g/mol. The number of hydrogen-bond donors (Lipinski definition) is 3. The number of alkyl carbamates (subject to hydrolysis) is 2. The third-order valence-corrected chi connectivity index (χ3v) is 5.31. The summed E-state index contributed by atoms with van der Waals surface area (Å²) in [7, 11) is 0. The Bertz CT molecular complexity index is 957. The molecule has 3 N–H and O–H groups in total. The van der Waals surface area contributed by atoms with Crippen LogP contribution in [0.25, 0.3) is 0 Å². The minimum atomic E-state index is -0.526. The van der Waals surface area contributed by atoms with E-state index in [1.807, 2.05) is 60.7 Å². The maximum absolute atomic E-state index is 11.5. The van der Waals surface area contributed by atoms with Gasteiger partial charge in [0.1, 0.15) is 19.8 Å². The molecule has 2 amide bonds. The summed E-state index contributed by atoms with van der Waals surface area (Å²) >= 11 is 0. The van der Waals surface area contributed by atoms with Gasteiger partial charge >= 0.3 is 12.2 Å². The second-order valence-electron chi connectivity index (χ2n) is 8.49. The number of rotatable bonds is 6. The summed E-state index contributed by atoms with van der Waals surface area (Å²) in [6.45, 7) is 1.69. The summed E-state index contributed by atoms with van der Waals surface area (Å²) in [5.74, 6) is -0.00499. The predicted octanol–water partition coefficient (Wildman–Crippen LogP) is 2.33. The minimum Gasteiger partial charge on any atom is -0.445 e. The van der Waals surface area contributed by atoms with Crippen LogP contribution in [0.15, 0.2) is 60.7 Å². The lowest BCUT2D eigenvalue weighted by molar-refractivity contribution is -0.128. The number of ether oxygens (including phenoxy) is 4. The molecule has 2 aromatic carbocycles. The van der Waals surface area contributed by atoms with Gasteiger partial charge in [-0.05, 0) is 17.5 Å². The van der Waals surface area contributed by atoms with Gasteiger partial charge in [-0.2, -0.15) is 0 Å². The molecular formula is C26H32N2O8. The number of carbonyl (C=O) groups excluding carboxylic acids is 3. The molecule has 2 aliphatic rings. The fourth-order valence-corrected chi connectivity index (χ4v) is 3.57. The molecule has 0 saturated carbocycles. The van der Waals surface area contributed by atoms with Gasteiger partial charge in [0.15, 0.2) is 5.78 Å². The van der Waals surface area contributed by atoms with Crippen LogP contribution in [-0.2, 0) is 37.0 Å². The van der Waals surface area contributed by atoms with Crippen LogP contribution in [0.5, 0.6) is 0 Å². The highest BCUT2D eigenvalue weighted by atomic mass is 16.6. The van der Waals surface area contributed by atoms with Crippen LogP contribution >= 0.6 is 0 Å². The van der Waals surface area contributed by atoms with Gasteiger partial charge in [-0.1, -0.05) is 60.7 Å². The van der Waals surface area contributed by atoms with Gasteiger partial charge in [-0.25, -0.2) is 9.59 Å². The van der Waals surface area contributed by atoms with Crippen molar-refractivity contribution in [1.29, 1.82) is 0 Å². The van der Waals surface area contributed by atoms with Gasteiger partial charge in [-0.15, -0.1) is 0 Å². The smallest absolute Gasteiger partial charge is 0.407 e. The van der Waals surface area contributed by atoms with E-state index in [1.54, 1.807) is 0 Å².